The van der Waals surface area contributed by atoms with Gasteiger partial charge in [0, 0.05) is 52.2 Å². The van der Waals surface area contributed by atoms with E-state index < -0.39 is 6.04 Å². The average molecular weight is 539 g/mol. The summed E-state index contributed by atoms with van der Waals surface area (Å²) in [5.74, 6) is -0.540. The second-order valence-corrected chi connectivity index (χ2v) is 10.2. The Morgan fingerprint density at radius 2 is 1.85 bits per heavy atom. The number of methoxy groups -OCH3 is 1. The topological polar surface area (TPSA) is 87.3 Å². The number of pyridine rings is 1. The maximum absolute atomic E-state index is 13.7. The summed E-state index contributed by atoms with van der Waals surface area (Å²) < 4.78 is 5.13. The lowest BCUT2D eigenvalue weighted by molar-refractivity contribution is -0.146. The minimum Gasteiger partial charge on any atom is -0.468 e. The first-order valence-corrected chi connectivity index (χ1v) is 13.2. The van der Waals surface area contributed by atoms with E-state index in [1.807, 2.05) is 72.8 Å². The smallest absolute Gasteiger partial charge is 0.323 e. The van der Waals surface area contributed by atoms with Gasteiger partial charge in [0.1, 0.15) is 11.7 Å². The summed E-state index contributed by atoms with van der Waals surface area (Å²) in [6.45, 7) is 1.05. The predicted molar refractivity (Wildman–Crippen MR) is 153 cm³/mol. The van der Waals surface area contributed by atoms with Crippen molar-refractivity contribution in [2.24, 2.45) is 0 Å². The largest absolute Gasteiger partial charge is 0.468 e. The molecule has 2 aromatic heterocycles. The fourth-order valence-corrected chi connectivity index (χ4v) is 5.74. The molecule has 1 amide bonds. The normalized spacial score (nSPS) is 17.5. The van der Waals surface area contributed by atoms with Gasteiger partial charge in [-0.25, -0.2) is 0 Å². The van der Waals surface area contributed by atoms with Crippen LogP contribution in [0.5, 0.6) is 0 Å². The lowest BCUT2D eigenvalue weighted by atomic mass is 10.0. The van der Waals surface area contributed by atoms with Crippen LogP contribution in [0, 0.1) is 0 Å². The van der Waals surface area contributed by atoms with E-state index in [1.54, 1.807) is 12.3 Å². The van der Waals surface area contributed by atoms with Crippen molar-refractivity contribution in [1.82, 2.24) is 20.2 Å². The van der Waals surface area contributed by atoms with E-state index in [1.165, 1.54) is 7.11 Å². The van der Waals surface area contributed by atoms with Crippen molar-refractivity contribution in [1.29, 1.82) is 0 Å². The number of nitrogens with zero attached hydrogens (tertiary/aromatic N) is 2. The Labute approximate surface area is 230 Å². The van der Waals surface area contributed by atoms with Crippen molar-refractivity contribution in [2.45, 2.75) is 25.0 Å². The number of ether oxygens (including phenoxy) is 1. The number of para-hydroxylation sites is 1. The van der Waals surface area contributed by atoms with Crippen LogP contribution in [-0.4, -0.2) is 52.5 Å². The summed E-state index contributed by atoms with van der Waals surface area (Å²) in [7, 11) is 1.40. The van der Waals surface area contributed by atoms with Gasteiger partial charge in [0.15, 0.2) is 0 Å². The molecule has 0 bridgehead atoms. The number of H-pyrrole nitrogens is 1. The number of amides is 1. The minimum absolute atomic E-state index is 0.231. The van der Waals surface area contributed by atoms with Crippen molar-refractivity contribution in [3.63, 3.8) is 0 Å². The van der Waals surface area contributed by atoms with Gasteiger partial charge in [-0.2, -0.15) is 0 Å². The average Bonchev–Trinajstić information content (AvgIpc) is 3.54. The molecule has 0 unspecified atom stereocenters. The molecule has 2 N–H and O–H groups in total. The monoisotopic (exact) mass is 538 g/mol. The number of likely N-dealkylation sites (tertiary alicyclic amines) is 1. The number of esters is 1. The molecule has 7 nitrogen and oxygen atoms in total. The van der Waals surface area contributed by atoms with Gasteiger partial charge in [0.25, 0.3) is 5.91 Å². The van der Waals surface area contributed by atoms with Gasteiger partial charge >= 0.3 is 5.97 Å². The van der Waals surface area contributed by atoms with Crippen LogP contribution < -0.4 is 5.32 Å². The number of aromatic amines is 1. The number of hydrogen-bond donors (Lipinski definition) is 2. The zero-order valence-corrected chi connectivity index (χ0v) is 22.1. The van der Waals surface area contributed by atoms with Crippen LogP contribution >= 0.6 is 11.6 Å². The van der Waals surface area contributed by atoms with Crippen molar-refractivity contribution in [3.05, 3.63) is 101 Å². The van der Waals surface area contributed by atoms with Crippen LogP contribution in [-0.2, 0) is 16.1 Å². The highest BCUT2D eigenvalue weighted by molar-refractivity contribution is 6.31. The first-order valence-electron chi connectivity index (χ1n) is 12.8. The van der Waals surface area contributed by atoms with E-state index in [4.69, 9.17) is 16.3 Å². The molecule has 6 rings (SSSR count). The Bertz CT molecular complexity index is 1680. The summed E-state index contributed by atoms with van der Waals surface area (Å²) >= 11 is 6.32. The molecule has 0 aliphatic carbocycles. The standard InChI is InChI=1S/C31H27ClN4O3/c1-39-31(38)27-16-22(18-36(27)17-20-13-14-33-25-10-6-5-9-23(20)25)34-30(37)29-28(19-7-3-2-4-8-19)24-15-21(32)11-12-26(24)35-29/h2-15,22,27,35H,16-18H2,1H3,(H,34,37)/t22-,27+/m1/s1. The molecule has 1 aliphatic rings. The SMILES string of the molecule is COC(=O)[C@@H]1C[C@@H](NC(=O)c2[nH]c3ccc(Cl)cc3c2-c2ccccc2)CN1Cc1ccnc2ccccc12. The maximum atomic E-state index is 13.7. The van der Waals surface area contributed by atoms with Gasteiger partial charge in [0.2, 0.25) is 0 Å². The minimum atomic E-state index is -0.470. The Morgan fingerprint density at radius 3 is 2.67 bits per heavy atom. The molecule has 196 valence electrons. The third kappa shape index (κ3) is 4.87. The van der Waals surface area contributed by atoms with Crippen LogP contribution in [0.2, 0.25) is 5.02 Å². The highest BCUT2D eigenvalue weighted by atomic mass is 35.5. The summed E-state index contributed by atoms with van der Waals surface area (Å²) in [6, 6.07) is 24.5. The fraction of sp³-hybridized carbons (Fsp3) is 0.194. The lowest BCUT2D eigenvalue weighted by Gasteiger charge is -2.22. The number of aromatic nitrogens is 2. The van der Waals surface area contributed by atoms with Gasteiger partial charge in [-0.3, -0.25) is 19.5 Å². The van der Waals surface area contributed by atoms with E-state index in [0.717, 1.165) is 38.5 Å². The maximum Gasteiger partial charge on any atom is 0.323 e. The molecule has 2 atom stereocenters. The van der Waals surface area contributed by atoms with E-state index in [-0.39, 0.29) is 17.9 Å². The number of benzene rings is 3. The molecule has 5 aromatic rings. The summed E-state index contributed by atoms with van der Waals surface area (Å²) in [5.41, 5.74) is 4.98. The third-order valence-corrected chi connectivity index (χ3v) is 7.61. The number of nitrogens with one attached hydrogen (secondary N) is 2. The number of halogens is 1. The zero-order valence-electron chi connectivity index (χ0n) is 21.4. The Balaban J connectivity index is 1.29. The van der Waals surface area contributed by atoms with Crippen molar-refractivity contribution in [3.8, 4) is 11.1 Å². The fourth-order valence-electron chi connectivity index (χ4n) is 5.57. The van der Waals surface area contributed by atoms with E-state index in [0.29, 0.717) is 30.2 Å². The molecule has 3 heterocycles. The van der Waals surface area contributed by atoms with Crippen LogP contribution in [0.4, 0.5) is 0 Å². The van der Waals surface area contributed by atoms with Crippen LogP contribution in [0.25, 0.3) is 32.9 Å². The van der Waals surface area contributed by atoms with Crippen molar-refractivity contribution < 1.29 is 14.3 Å². The number of carbonyl (C=O) groups is 2. The van der Waals surface area contributed by atoms with Crippen molar-refractivity contribution >= 4 is 45.3 Å². The van der Waals surface area contributed by atoms with Gasteiger partial charge < -0.3 is 15.0 Å². The van der Waals surface area contributed by atoms with E-state index in [9.17, 15) is 9.59 Å². The van der Waals surface area contributed by atoms with Crippen LogP contribution in [0.3, 0.4) is 0 Å². The number of hydrogen-bond acceptors (Lipinski definition) is 5. The Kier molecular flexibility index (Phi) is 6.77. The molecule has 1 aliphatic heterocycles. The zero-order chi connectivity index (χ0) is 26.9. The quantitative estimate of drug-likeness (QED) is 0.275. The van der Waals surface area contributed by atoms with E-state index in [2.05, 4.69) is 20.2 Å². The number of rotatable bonds is 6. The second-order valence-electron chi connectivity index (χ2n) is 9.79. The molecule has 0 spiro atoms. The highest BCUT2D eigenvalue weighted by Crippen LogP contribution is 2.34. The Hall–Kier alpha value is -4.20. The van der Waals surface area contributed by atoms with E-state index >= 15 is 0 Å². The summed E-state index contributed by atoms with van der Waals surface area (Å²) in [5, 5.41) is 5.70. The van der Waals surface area contributed by atoms with Gasteiger partial charge in [-0.15, -0.1) is 0 Å². The Morgan fingerprint density at radius 1 is 1.05 bits per heavy atom. The summed E-state index contributed by atoms with van der Waals surface area (Å²) in [4.78, 5) is 36.3. The molecule has 1 saturated heterocycles. The second kappa shape index (κ2) is 10.5. The first-order chi connectivity index (χ1) is 19.0. The lowest BCUT2D eigenvalue weighted by Crippen LogP contribution is -2.38. The highest BCUT2D eigenvalue weighted by Gasteiger charge is 2.38. The molecule has 1 fully saturated rings. The van der Waals surface area contributed by atoms with Gasteiger partial charge in [-0.05, 0) is 47.9 Å². The molecule has 3 aromatic carbocycles. The van der Waals surface area contributed by atoms with Crippen LogP contribution in [0.15, 0.2) is 85.1 Å². The van der Waals surface area contributed by atoms with Crippen molar-refractivity contribution in [2.75, 3.05) is 13.7 Å². The molecule has 8 heteroatoms. The molecular formula is C31H27ClN4O3. The summed E-state index contributed by atoms with van der Waals surface area (Å²) in [6.07, 6.45) is 2.24. The van der Waals surface area contributed by atoms with Crippen LogP contribution in [0.1, 0.15) is 22.5 Å². The van der Waals surface area contributed by atoms with Gasteiger partial charge in [-0.1, -0.05) is 60.1 Å². The molecule has 39 heavy (non-hydrogen) atoms. The van der Waals surface area contributed by atoms with Gasteiger partial charge in [0.05, 0.1) is 12.6 Å². The number of carbonyl (C=O) groups excluding carboxylic acids is 2. The third-order valence-electron chi connectivity index (χ3n) is 7.37. The molecule has 0 saturated carbocycles. The molecular weight excluding hydrogens is 512 g/mol. The molecule has 0 radical (unpaired) electrons. The number of fused-ring (bicyclic) bond motifs is 2. The first kappa shape index (κ1) is 25.1. The predicted octanol–water partition coefficient (Wildman–Crippen LogP) is 5.58.